The van der Waals surface area contributed by atoms with E-state index in [2.05, 4.69) is 20.1 Å². The first-order valence-electron chi connectivity index (χ1n) is 14.8. The van der Waals surface area contributed by atoms with Crippen LogP contribution in [0.5, 0.6) is 5.75 Å². The van der Waals surface area contributed by atoms with Gasteiger partial charge in [-0.3, -0.25) is 14.4 Å². The minimum atomic E-state index is -1.15. The monoisotopic (exact) mass is 567 g/mol. The summed E-state index contributed by atoms with van der Waals surface area (Å²) in [4.78, 5) is 47.8. The fourth-order valence-electron chi connectivity index (χ4n) is 7.29. The minimum absolute atomic E-state index is 0.00613. The maximum atomic E-state index is 14.4. The molecule has 1 aromatic rings. The zero-order valence-electron chi connectivity index (χ0n) is 24.9. The van der Waals surface area contributed by atoms with Crippen molar-refractivity contribution in [1.82, 2.24) is 9.80 Å². The number of ether oxygens (including phenoxy) is 2. The van der Waals surface area contributed by atoms with Crippen LogP contribution < -0.4 is 9.64 Å². The van der Waals surface area contributed by atoms with Gasteiger partial charge in [-0.1, -0.05) is 25.5 Å². The van der Waals surface area contributed by atoms with Crippen LogP contribution in [0, 0.1) is 11.8 Å². The van der Waals surface area contributed by atoms with E-state index in [1.165, 1.54) is 4.90 Å². The lowest BCUT2D eigenvalue weighted by Crippen LogP contribution is -2.58. The van der Waals surface area contributed by atoms with Crippen LogP contribution in [-0.4, -0.2) is 88.8 Å². The molecule has 9 nitrogen and oxygen atoms in total. The summed E-state index contributed by atoms with van der Waals surface area (Å²) in [5.41, 5.74) is -1.40. The van der Waals surface area contributed by atoms with E-state index in [0.29, 0.717) is 37.4 Å². The molecular formula is C32H45N3O6. The van der Waals surface area contributed by atoms with Crippen molar-refractivity contribution in [2.24, 2.45) is 11.8 Å². The summed E-state index contributed by atoms with van der Waals surface area (Å²) < 4.78 is 12.3. The number of fused-ring (bicyclic) bond motifs is 1. The Morgan fingerprint density at radius 2 is 1.85 bits per heavy atom. The number of aliphatic hydroxyl groups is 1. The van der Waals surface area contributed by atoms with Gasteiger partial charge < -0.3 is 29.3 Å². The number of β-amino-alcohol motifs (C(OH)–C–C–N with tert-alkyl or cyclic N) is 1. The Labute approximate surface area is 243 Å². The Balaban J connectivity index is 1.75. The predicted molar refractivity (Wildman–Crippen MR) is 157 cm³/mol. The van der Waals surface area contributed by atoms with E-state index in [4.69, 9.17) is 9.47 Å². The number of aliphatic hydroxyl groups excluding tert-OH is 1. The molecule has 1 N–H and O–H groups in total. The van der Waals surface area contributed by atoms with Gasteiger partial charge in [-0.15, -0.1) is 13.2 Å². The van der Waals surface area contributed by atoms with Gasteiger partial charge >= 0.3 is 0 Å². The molecule has 224 valence electrons. The zero-order valence-corrected chi connectivity index (χ0v) is 24.9. The Hall–Kier alpha value is -3.17. The molecule has 3 aliphatic heterocycles. The second kappa shape index (κ2) is 12.4. The molecule has 1 aromatic carbocycles. The molecule has 41 heavy (non-hydrogen) atoms. The van der Waals surface area contributed by atoms with Crippen molar-refractivity contribution in [1.29, 1.82) is 0 Å². The number of rotatable bonds is 14. The van der Waals surface area contributed by atoms with Gasteiger partial charge in [-0.2, -0.15) is 0 Å². The van der Waals surface area contributed by atoms with Crippen LogP contribution in [0.1, 0.15) is 53.4 Å². The number of hydrogen-bond donors (Lipinski definition) is 1. The quantitative estimate of drug-likeness (QED) is 0.345. The van der Waals surface area contributed by atoms with E-state index in [0.717, 1.165) is 12.8 Å². The number of anilines is 1. The highest BCUT2D eigenvalue weighted by atomic mass is 16.5. The van der Waals surface area contributed by atoms with Crippen LogP contribution >= 0.6 is 0 Å². The van der Waals surface area contributed by atoms with Crippen molar-refractivity contribution in [3.8, 4) is 5.75 Å². The Morgan fingerprint density at radius 3 is 2.44 bits per heavy atom. The number of carbonyl (C=O) groups excluding carboxylic acids is 3. The number of amides is 3. The molecule has 6 atom stereocenters. The summed E-state index contributed by atoms with van der Waals surface area (Å²) in [7, 11) is 0. The van der Waals surface area contributed by atoms with Gasteiger partial charge in [0.25, 0.3) is 0 Å². The van der Waals surface area contributed by atoms with E-state index >= 15 is 0 Å². The van der Waals surface area contributed by atoms with Crippen molar-refractivity contribution in [3.63, 3.8) is 0 Å². The third kappa shape index (κ3) is 5.18. The zero-order chi connectivity index (χ0) is 29.9. The first kappa shape index (κ1) is 30.8. The lowest BCUT2D eigenvalue weighted by Gasteiger charge is -2.38. The lowest BCUT2D eigenvalue weighted by atomic mass is 9.66. The molecule has 0 aromatic heterocycles. The molecule has 0 saturated carbocycles. The fourth-order valence-corrected chi connectivity index (χ4v) is 7.29. The van der Waals surface area contributed by atoms with E-state index in [9.17, 15) is 19.5 Å². The van der Waals surface area contributed by atoms with Gasteiger partial charge in [0.1, 0.15) is 17.4 Å². The summed E-state index contributed by atoms with van der Waals surface area (Å²) in [5, 5.41) is 9.93. The molecule has 9 heteroatoms. The minimum Gasteiger partial charge on any atom is -0.494 e. The predicted octanol–water partition coefficient (Wildman–Crippen LogP) is 3.56. The van der Waals surface area contributed by atoms with E-state index < -0.39 is 29.1 Å². The molecule has 3 aliphatic rings. The molecule has 0 radical (unpaired) electrons. The molecule has 2 bridgehead atoms. The summed E-state index contributed by atoms with van der Waals surface area (Å²) >= 11 is 0. The van der Waals surface area contributed by atoms with Crippen molar-refractivity contribution < 1.29 is 29.0 Å². The number of hydrogen-bond acceptors (Lipinski definition) is 6. The van der Waals surface area contributed by atoms with Gasteiger partial charge in [0.2, 0.25) is 17.7 Å². The van der Waals surface area contributed by atoms with Crippen LogP contribution in [0.4, 0.5) is 5.69 Å². The SMILES string of the molecule is C=CCN(C(=O)[C@@H]1[C@H]2C(=O)N(CCO)C(C(=O)N(CC=C)C(C)CCC)C23CC[C@@]1(C)O3)c1ccc(OCC)cc1. The molecule has 0 aliphatic carbocycles. The number of nitrogens with zero attached hydrogens (tertiary/aromatic N) is 3. The number of benzene rings is 1. The van der Waals surface area contributed by atoms with Crippen molar-refractivity contribution in [3.05, 3.63) is 49.6 Å². The van der Waals surface area contributed by atoms with E-state index in [1.54, 1.807) is 22.0 Å². The molecule has 1 spiro atoms. The average Bonchev–Trinajstić information content (AvgIpc) is 3.51. The third-order valence-corrected chi connectivity index (χ3v) is 9.00. The standard InChI is InChI=1S/C32H45N3O6/c1-7-11-22(5)33(18-8-2)30(39)27-32-17-16-31(6,41-32)25(26(32)29(38)35(27)20-21-36)28(37)34(19-9-3)23-12-14-24(15-13-23)40-10-4/h8-9,12-15,22,25-27,36H,2-3,7,10-11,16-21H2,1,4-6H3/t22?,25-,26-,27?,31+,32?/m0/s1. The molecule has 3 fully saturated rings. The van der Waals surface area contributed by atoms with E-state index in [-0.39, 0.29) is 43.5 Å². The Kier molecular flexibility index (Phi) is 9.29. The largest absolute Gasteiger partial charge is 0.494 e. The highest BCUT2D eigenvalue weighted by Crippen LogP contribution is 2.63. The summed E-state index contributed by atoms with van der Waals surface area (Å²) in [6, 6.07) is 6.27. The maximum absolute atomic E-state index is 14.4. The fraction of sp³-hybridized carbons (Fsp3) is 0.594. The van der Waals surface area contributed by atoms with Gasteiger partial charge in [-0.05, 0) is 64.3 Å². The van der Waals surface area contributed by atoms with Crippen LogP contribution in [-0.2, 0) is 19.1 Å². The van der Waals surface area contributed by atoms with Crippen LogP contribution in [0.3, 0.4) is 0 Å². The number of likely N-dealkylation sites (tertiary alicyclic amines) is 1. The number of carbonyl (C=O) groups is 3. The molecule has 3 amide bonds. The maximum Gasteiger partial charge on any atom is 0.248 e. The Bertz CT molecular complexity index is 1150. The smallest absolute Gasteiger partial charge is 0.248 e. The molecule has 3 unspecified atom stereocenters. The van der Waals surface area contributed by atoms with Crippen molar-refractivity contribution >= 4 is 23.4 Å². The van der Waals surface area contributed by atoms with Crippen LogP contribution in [0.25, 0.3) is 0 Å². The first-order chi connectivity index (χ1) is 19.6. The Morgan fingerprint density at radius 1 is 1.17 bits per heavy atom. The second-order valence-corrected chi connectivity index (χ2v) is 11.6. The summed E-state index contributed by atoms with van der Waals surface area (Å²) in [6.45, 7) is 16.4. The molecular weight excluding hydrogens is 522 g/mol. The van der Waals surface area contributed by atoms with Gasteiger partial charge in [0.05, 0.1) is 30.7 Å². The molecule has 3 saturated heterocycles. The van der Waals surface area contributed by atoms with Gasteiger partial charge in [0.15, 0.2) is 0 Å². The lowest BCUT2D eigenvalue weighted by molar-refractivity contribution is -0.153. The second-order valence-electron chi connectivity index (χ2n) is 11.6. The summed E-state index contributed by atoms with van der Waals surface area (Å²) in [6.07, 6.45) is 6.07. The van der Waals surface area contributed by atoms with Crippen LogP contribution in [0.2, 0.25) is 0 Å². The third-order valence-electron chi connectivity index (χ3n) is 9.00. The van der Waals surface area contributed by atoms with Crippen LogP contribution in [0.15, 0.2) is 49.6 Å². The van der Waals surface area contributed by atoms with Gasteiger partial charge in [-0.25, -0.2) is 0 Å². The molecule has 4 rings (SSSR count). The van der Waals surface area contributed by atoms with Gasteiger partial charge in [0, 0.05) is 31.4 Å². The summed E-state index contributed by atoms with van der Waals surface area (Å²) in [5.74, 6) is -1.71. The normalized spacial score (nSPS) is 28.8. The average molecular weight is 568 g/mol. The highest BCUT2D eigenvalue weighted by Gasteiger charge is 2.78. The first-order valence-corrected chi connectivity index (χ1v) is 14.8. The van der Waals surface area contributed by atoms with E-state index in [1.807, 2.05) is 45.0 Å². The highest BCUT2D eigenvalue weighted by molar-refractivity contribution is 6.03. The van der Waals surface area contributed by atoms with Crippen molar-refractivity contribution in [2.45, 2.75) is 76.7 Å². The van der Waals surface area contributed by atoms with Crippen molar-refractivity contribution in [2.75, 3.05) is 37.7 Å². The topological polar surface area (TPSA) is 99.6 Å². The molecule has 3 heterocycles.